The molecular formula is C16H23ClN2O3S. The van der Waals surface area contributed by atoms with E-state index in [0.29, 0.717) is 29.8 Å². The van der Waals surface area contributed by atoms with Gasteiger partial charge < -0.3 is 10.1 Å². The van der Waals surface area contributed by atoms with E-state index in [0.717, 1.165) is 32.2 Å². The van der Waals surface area contributed by atoms with Crippen LogP contribution in [0.25, 0.3) is 0 Å². The van der Waals surface area contributed by atoms with Crippen molar-refractivity contribution in [2.45, 2.75) is 43.0 Å². The Balaban J connectivity index is 1.71. The molecule has 0 amide bonds. The predicted octanol–water partition coefficient (Wildman–Crippen LogP) is 2.55. The minimum absolute atomic E-state index is 0.127. The second-order valence-corrected chi connectivity index (χ2v) is 8.52. The highest BCUT2D eigenvalue weighted by atomic mass is 35.5. The molecule has 1 aromatic rings. The molecule has 1 heterocycles. The topological polar surface area (TPSA) is 67.4 Å². The monoisotopic (exact) mass is 358 g/mol. The lowest BCUT2D eigenvalue weighted by molar-refractivity contribution is 0.177. The largest absolute Gasteiger partial charge is 0.492 e. The molecule has 2 aliphatic rings. The van der Waals surface area contributed by atoms with E-state index in [1.165, 1.54) is 12.5 Å². The highest BCUT2D eigenvalue weighted by molar-refractivity contribution is 7.89. The van der Waals surface area contributed by atoms with Crippen LogP contribution in [0.2, 0.25) is 5.02 Å². The molecule has 23 heavy (non-hydrogen) atoms. The van der Waals surface area contributed by atoms with Crippen LogP contribution in [-0.4, -0.2) is 34.2 Å². The second-order valence-electron chi connectivity index (χ2n) is 6.34. The van der Waals surface area contributed by atoms with Crippen molar-refractivity contribution in [2.24, 2.45) is 5.92 Å². The van der Waals surface area contributed by atoms with Crippen molar-refractivity contribution in [1.82, 2.24) is 10.0 Å². The van der Waals surface area contributed by atoms with Crippen molar-refractivity contribution < 1.29 is 13.2 Å². The normalized spacial score (nSPS) is 22.0. The fourth-order valence-corrected chi connectivity index (χ4v) is 4.38. The summed E-state index contributed by atoms with van der Waals surface area (Å²) in [5.74, 6) is 0.921. The summed E-state index contributed by atoms with van der Waals surface area (Å²) in [6.45, 7) is 1.89. The lowest BCUT2D eigenvalue weighted by Gasteiger charge is -2.25. The average Bonchev–Trinajstić information content (AvgIpc) is 2.98. The summed E-state index contributed by atoms with van der Waals surface area (Å²) in [7, 11) is -3.64. The summed E-state index contributed by atoms with van der Waals surface area (Å²) < 4.78 is 33.7. The molecule has 2 fully saturated rings. The van der Waals surface area contributed by atoms with Gasteiger partial charge in [0.15, 0.2) is 0 Å². The first kappa shape index (κ1) is 17.0. The Morgan fingerprint density at radius 3 is 2.74 bits per heavy atom. The fraction of sp³-hybridized carbons (Fsp3) is 0.625. The first-order chi connectivity index (χ1) is 11.0. The van der Waals surface area contributed by atoms with Gasteiger partial charge in [-0.15, -0.1) is 0 Å². The van der Waals surface area contributed by atoms with Crippen molar-refractivity contribution in [3.63, 3.8) is 0 Å². The smallest absolute Gasteiger partial charge is 0.244 e. The molecule has 1 unspecified atom stereocenters. The van der Waals surface area contributed by atoms with Crippen LogP contribution in [0.4, 0.5) is 0 Å². The van der Waals surface area contributed by atoms with Crippen LogP contribution in [0.5, 0.6) is 5.75 Å². The third-order valence-corrected chi connectivity index (χ3v) is 6.26. The molecule has 5 nitrogen and oxygen atoms in total. The SMILES string of the molecule is O=S(=O)(NCC1CCCN1)c1cc(Cl)ccc1OCC1CCC1. The number of nitrogens with one attached hydrogen (secondary N) is 2. The molecule has 1 aliphatic carbocycles. The van der Waals surface area contributed by atoms with E-state index < -0.39 is 10.0 Å². The number of ether oxygens (including phenoxy) is 1. The predicted molar refractivity (Wildman–Crippen MR) is 90.5 cm³/mol. The highest BCUT2D eigenvalue weighted by Crippen LogP contribution is 2.31. The maximum atomic E-state index is 12.6. The molecule has 2 N–H and O–H groups in total. The molecule has 0 bridgehead atoms. The molecular weight excluding hydrogens is 336 g/mol. The van der Waals surface area contributed by atoms with Crippen molar-refractivity contribution >= 4 is 21.6 Å². The molecule has 0 spiro atoms. The summed E-state index contributed by atoms with van der Waals surface area (Å²) in [6.07, 6.45) is 5.61. The zero-order chi connectivity index (χ0) is 16.3. The summed E-state index contributed by atoms with van der Waals surface area (Å²) in [5.41, 5.74) is 0. The van der Waals surface area contributed by atoms with Crippen LogP contribution in [-0.2, 0) is 10.0 Å². The molecule has 1 aliphatic heterocycles. The standard InChI is InChI=1S/C16H23ClN2O3S/c17-13-6-7-15(22-11-12-3-1-4-12)16(9-13)23(20,21)19-10-14-5-2-8-18-14/h6-7,9,12,14,18-19H,1-5,8,10-11H2. The molecule has 0 radical (unpaired) electrons. The van der Waals surface area contributed by atoms with E-state index in [9.17, 15) is 8.42 Å². The van der Waals surface area contributed by atoms with Gasteiger partial charge in [-0.1, -0.05) is 18.0 Å². The van der Waals surface area contributed by atoms with Gasteiger partial charge in [-0.2, -0.15) is 0 Å². The number of halogens is 1. The summed E-state index contributed by atoms with van der Waals surface area (Å²) in [6, 6.07) is 4.96. The molecule has 1 saturated heterocycles. The van der Waals surface area contributed by atoms with Crippen molar-refractivity contribution in [3.05, 3.63) is 23.2 Å². The Labute approximate surface area is 142 Å². The zero-order valence-corrected chi connectivity index (χ0v) is 14.6. The highest BCUT2D eigenvalue weighted by Gasteiger charge is 2.24. The van der Waals surface area contributed by atoms with Crippen molar-refractivity contribution in [2.75, 3.05) is 19.7 Å². The molecule has 3 rings (SSSR count). The van der Waals surface area contributed by atoms with Gasteiger partial charge in [-0.3, -0.25) is 0 Å². The molecule has 7 heteroatoms. The van der Waals surface area contributed by atoms with E-state index in [1.54, 1.807) is 12.1 Å². The Kier molecular flexibility index (Phi) is 5.46. The number of sulfonamides is 1. The lowest BCUT2D eigenvalue weighted by Crippen LogP contribution is -2.37. The first-order valence-electron chi connectivity index (χ1n) is 8.20. The van der Waals surface area contributed by atoms with Gasteiger partial charge in [-0.25, -0.2) is 13.1 Å². The number of hydrogen-bond acceptors (Lipinski definition) is 4. The maximum absolute atomic E-state index is 12.6. The zero-order valence-electron chi connectivity index (χ0n) is 13.1. The average molecular weight is 359 g/mol. The van der Waals surface area contributed by atoms with Gasteiger partial charge in [0.25, 0.3) is 0 Å². The quantitative estimate of drug-likeness (QED) is 0.786. The second kappa shape index (κ2) is 7.38. The van der Waals surface area contributed by atoms with Gasteiger partial charge in [-0.05, 0) is 56.3 Å². The van der Waals surface area contributed by atoms with Crippen molar-refractivity contribution in [3.8, 4) is 5.75 Å². The van der Waals surface area contributed by atoms with E-state index in [4.69, 9.17) is 16.3 Å². The number of rotatable bonds is 7. The fourth-order valence-electron chi connectivity index (χ4n) is 2.90. The molecule has 0 aromatic heterocycles. The minimum atomic E-state index is -3.64. The Morgan fingerprint density at radius 1 is 1.26 bits per heavy atom. The molecule has 1 atom stereocenters. The van der Waals surface area contributed by atoms with Gasteiger partial charge >= 0.3 is 0 Å². The van der Waals surface area contributed by atoms with Crippen molar-refractivity contribution in [1.29, 1.82) is 0 Å². The third kappa shape index (κ3) is 4.38. The van der Waals surface area contributed by atoms with E-state index in [1.807, 2.05) is 0 Å². The number of hydrogen-bond donors (Lipinski definition) is 2. The van der Waals surface area contributed by atoms with E-state index in [2.05, 4.69) is 10.0 Å². The molecule has 1 aromatic carbocycles. The van der Waals surface area contributed by atoms with E-state index >= 15 is 0 Å². The van der Waals surface area contributed by atoms with Gasteiger partial charge in [0.1, 0.15) is 10.6 Å². The van der Waals surface area contributed by atoms with Crippen LogP contribution < -0.4 is 14.8 Å². The van der Waals surface area contributed by atoms with Crippen LogP contribution >= 0.6 is 11.6 Å². The van der Waals surface area contributed by atoms with Gasteiger partial charge in [0.2, 0.25) is 10.0 Å². The first-order valence-corrected chi connectivity index (χ1v) is 10.1. The van der Waals surface area contributed by atoms with Crippen LogP contribution in [0.1, 0.15) is 32.1 Å². The summed E-state index contributed by atoms with van der Waals surface area (Å²) in [4.78, 5) is 0.127. The van der Waals surface area contributed by atoms with Crippen LogP contribution in [0.3, 0.4) is 0 Å². The molecule has 128 valence electrons. The summed E-state index contributed by atoms with van der Waals surface area (Å²) in [5, 5.41) is 3.67. The van der Waals surface area contributed by atoms with Gasteiger partial charge in [0.05, 0.1) is 6.61 Å². The van der Waals surface area contributed by atoms with Gasteiger partial charge in [0, 0.05) is 17.6 Å². The Bertz CT molecular complexity index is 641. The maximum Gasteiger partial charge on any atom is 0.244 e. The van der Waals surface area contributed by atoms with Crippen LogP contribution in [0.15, 0.2) is 23.1 Å². The lowest BCUT2D eigenvalue weighted by atomic mass is 9.86. The summed E-state index contributed by atoms with van der Waals surface area (Å²) >= 11 is 5.99. The molecule has 1 saturated carbocycles. The Morgan fingerprint density at radius 2 is 2.09 bits per heavy atom. The number of benzene rings is 1. The minimum Gasteiger partial charge on any atom is -0.492 e. The Hall–Kier alpha value is -0.820. The van der Waals surface area contributed by atoms with E-state index in [-0.39, 0.29) is 10.9 Å². The van der Waals surface area contributed by atoms with Crippen LogP contribution in [0, 0.1) is 5.92 Å². The third-order valence-electron chi connectivity index (χ3n) is 4.58.